The van der Waals surface area contributed by atoms with Crippen molar-refractivity contribution in [3.05, 3.63) is 23.4 Å². The van der Waals surface area contributed by atoms with E-state index in [9.17, 15) is 4.79 Å². The van der Waals surface area contributed by atoms with Crippen molar-refractivity contribution in [3.63, 3.8) is 0 Å². The lowest BCUT2D eigenvalue weighted by atomic mass is 9.94. The second kappa shape index (κ2) is 3.57. The fraction of sp³-hybridized carbons (Fsp3) is 0.500. The molecular formula is C10H15NO. The zero-order valence-electron chi connectivity index (χ0n) is 7.92. The summed E-state index contributed by atoms with van der Waals surface area (Å²) in [4.78, 5) is 13.4. The van der Waals surface area contributed by atoms with Crippen molar-refractivity contribution in [2.24, 2.45) is 0 Å². The lowest BCUT2D eigenvalue weighted by Crippen LogP contribution is -2.13. The highest BCUT2D eigenvalue weighted by molar-refractivity contribution is 6.08. The zero-order chi connectivity index (χ0) is 9.14. The predicted molar refractivity (Wildman–Crippen MR) is 49.8 cm³/mol. The van der Waals surface area contributed by atoms with E-state index in [2.05, 4.69) is 0 Å². The van der Waals surface area contributed by atoms with Crippen LogP contribution in [0.1, 0.15) is 19.8 Å². The van der Waals surface area contributed by atoms with Crippen molar-refractivity contribution in [1.82, 2.24) is 4.90 Å². The normalized spacial score (nSPS) is 21.1. The van der Waals surface area contributed by atoms with E-state index in [0.717, 1.165) is 24.0 Å². The van der Waals surface area contributed by atoms with Crippen LogP contribution >= 0.6 is 0 Å². The minimum atomic E-state index is 0.204. The van der Waals surface area contributed by atoms with Crippen LogP contribution in [0.15, 0.2) is 23.4 Å². The van der Waals surface area contributed by atoms with Gasteiger partial charge in [-0.05, 0) is 25.3 Å². The van der Waals surface area contributed by atoms with Gasteiger partial charge < -0.3 is 4.90 Å². The summed E-state index contributed by atoms with van der Waals surface area (Å²) in [6.45, 7) is 1.88. The van der Waals surface area contributed by atoms with Gasteiger partial charge >= 0.3 is 0 Å². The summed E-state index contributed by atoms with van der Waals surface area (Å²) in [5.41, 5.74) is 1.81. The van der Waals surface area contributed by atoms with E-state index < -0.39 is 0 Å². The highest BCUT2D eigenvalue weighted by Gasteiger charge is 2.15. The Morgan fingerprint density at radius 3 is 2.75 bits per heavy atom. The van der Waals surface area contributed by atoms with Gasteiger partial charge in [0, 0.05) is 25.9 Å². The second-order valence-corrected chi connectivity index (χ2v) is 3.37. The van der Waals surface area contributed by atoms with Gasteiger partial charge in [0.1, 0.15) is 0 Å². The van der Waals surface area contributed by atoms with E-state index in [0.29, 0.717) is 0 Å². The van der Waals surface area contributed by atoms with Crippen LogP contribution in [-0.2, 0) is 4.79 Å². The Kier molecular flexibility index (Phi) is 2.69. The number of hydrogen-bond donors (Lipinski definition) is 0. The first-order valence-electron chi connectivity index (χ1n) is 4.20. The molecule has 1 aliphatic rings. The molecule has 0 aliphatic heterocycles. The van der Waals surface area contributed by atoms with Crippen LogP contribution in [0.3, 0.4) is 0 Å². The Morgan fingerprint density at radius 2 is 2.17 bits per heavy atom. The standard InChI is InChI=1S/C10H15NO/c1-8-5-4-6-9(10(8)12)7-11(2)3/h5,7H,4,6H2,1-3H3/b9-7-. The Labute approximate surface area is 73.6 Å². The van der Waals surface area contributed by atoms with Gasteiger partial charge in [-0.2, -0.15) is 0 Å². The van der Waals surface area contributed by atoms with Crippen molar-refractivity contribution in [2.45, 2.75) is 19.8 Å². The van der Waals surface area contributed by atoms with Crippen molar-refractivity contribution >= 4 is 5.78 Å². The smallest absolute Gasteiger partial charge is 0.185 e. The molecule has 1 rings (SSSR count). The second-order valence-electron chi connectivity index (χ2n) is 3.37. The number of rotatable bonds is 1. The molecule has 0 aromatic carbocycles. The summed E-state index contributed by atoms with van der Waals surface area (Å²) >= 11 is 0. The maximum Gasteiger partial charge on any atom is 0.185 e. The molecular weight excluding hydrogens is 150 g/mol. The summed E-state index contributed by atoms with van der Waals surface area (Å²) in [5, 5.41) is 0. The molecule has 0 aromatic rings. The highest BCUT2D eigenvalue weighted by atomic mass is 16.1. The summed E-state index contributed by atoms with van der Waals surface area (Å²) in [5.74, 6) is 0.204. The van der Waals surface area contributed by atoms with Gasteiger partial charge in [-0.25, -0.2) is 0 Å². The topological polar surface area (TPSA) is 20.3 Å². The van der Waals surface area contributed by atoms with Gasteiger partial charge in [0.15, 0.2) is 5.78 Å². The van der Waals surface area contributed by atoms with Gasteiger partial charge in [0.05, 0.1) is 0 Å². The molecule has 0 unspecified atom stereocenters. The zero-order valence-corrected chi connectivity index (χ0v) is 7.92. The number of hydrogen-bond acceptors (Lipinski definition) is 2. The molecule has 0 aromatic heterocycles. The average Bonchev–Trinajstić information content (AvgIpc) is 1.98. The largest absolute Gasteiger partial charge is 0.383 e. The molecule has 12 heavy (non-hydrogen) atoms. The average molecular weight is 165 g/mol. The number of allylic oxidation sites excluding steroid dienone is 3. The summed E-state index contributed by atoms with van der Waals surface area (Å²) in [7, 11) is 3.88. The number of carbonyl (C=O) groups is 1. The van der Waals surface area contributed by atoms with Crippen LogP contribution in [-0.4, -0.2) is 24.8 Å². The first kappa shape index (κ1) is 9.04. The van der Waals surface area contributed by atoms with Gasteiger partial charge in [0.2, 0.25) is 0 Å². The van der Waals surface area contributed by atoms with Crippen molar-refractivity contribution in [2.75, 3.05) is 14.1 Å². The van der Waals surface area contributed by atoms with Crippen molar-refractivity contribution in [3.8, 4) is 0 Å². The van der Waals surface area contributed by atoms with Crippen molar-refractivity contribution in [1.29, 1.82) is 0 Å². The monoisotopic (exact) mass is 165 g/mol. The first-order chi connectivity index (χ1) is 5.61. The van der Waals surface area contributed by atoms with Crippen molar-refractivity contribution < 1.29 is 4.79 Å². The number of ketones is 1. The molecule has 66 valence electrons. The predicted octanol–water partition coefficient (Wildman–Crippen LogP) is 1.74. The molecule has 0 heterocycles. The van der Waals surface area contributed by atoms with Crippen LogP contribution in [0.2, 0.25) is 0 Å². The third-order valence-corrected chi connectivity index (χ3v) is 1.93. The van der Waals surface area contributed by atoms with E-state index in [1.807, 2.05) is 38.2 Å². The summed E-state index contributed by atoms with van der Waals surface area (Å²) in [6.07, 6.45) is 5.81. The van der Waals surface area contributed by atoms with Crippen LogP contribution in [0.4, 0.5) is 0 Å². The maximum atomic E-state index is 11.5. The molecule has 0 amide bonds. The third kappa shape index (κ3) is 1.97. The van der Waals surface area contributed by atoms with Crippen LogP contribution in [0.5, 0.6) is 0 Å². The fourth-order valence-electron chi connectivity index (χ4n) is 1.34. The molecule has 0 N–H and O–H groups in total. The third-order valence-electron chi connectivity index (χ3n) is 1.93. The molecule has 1 aliphatic carbocycles. The molecule has 0 atom stereocenters. The van der Waals surface area contributed by atoms with Crippen LogP contribution < -0.4 is 0 Å². The molecule has 0 saturated heterocycles. The Morgan fingerprint density at radius 1 is 1.50 bits per heavy atom. The van der Waals surface area contributed by atoms with Crippen LogP contribution in [0.25, 0.3) is 0 Å². The van der Waals surface area contributed by atoms with Gasteiger partial charge in [-0.1, -0.05) is 6.08 Å². The van der Waals surface area contributed by atoms with E-state index in [1.54, 1.807) is 0 Å². The Balaban J connectivity index is 2.83. The minimum absolute atomic E-state index is 0.204. The molecule has 0 bridgehead atoms. The molecule has 0 fully saturated rings. The molecule has 0 spiro atoms. The molecule has 0 saturated carbocycles. The number of carbonyl (C=O) groups excluding carboxylic acids is 1. The molecule has 0 radical (unpaired) electrons. The Bertz CT molecular complexity index is 249. The van der Waals surface area contributed by atoms with Crippen LogP contribution in [0, 0.1) is 0 Å². The first-order valence-corrected chi connectivity index (χ1v) is 4.20. The highest BCUT2D eigenvalue weighted by Crippen LogP contribution is 2.19. The van der Waals surface area contributed by atoms with E-state index in [-0.39, 0.29) is 5.78 Å². The van der Waals surface area contributed by atoms with Gasteiger partial charge in [-0.15, -0.1) is 0 Å². The summed E-state index contributed by atoms with van der Waals surface area (Å²) < 4.78 is 0. The van der Waals surface area contributed by atoms with E-state index in [1.165, 1.54) is 0 Å². The number of Topliss-reactive ketones (excluding diaryl/α,β-unsaturated/α-hetero) is 1. The fourth-order valence-corrected chi connectivity index (χ4v) is 1.34. The van der Waals surface area contributed by atoms with Gasteiger partial charge in [-0.3, -0.25) is 4.79 Å². The quantitative estimate of drug-likeness (QED) is 0.552. The van der Waals surface area contributed by atoms with E-state index in [4.69, 9.17) is 0 Å². The minimum Gasteiger partial charge on any atom is -0.383 e. The SMILES string of the molecule is CC1=CCC/C(=C/N(C)C)C1=O. The Hall–Kier alpha value is -1.05. The summed E-state index contributed by atoms with van der Waals surface area (Å²) in [6, 6.07) is 0. The number of nitrogens with zero attached hydrogens (tertiary/aromatic N) is 1. The molecule has 2 heteroatoms. The van der Waals surface area contributed by atoms with Gasteiger partial charge in [0.25, 0.3) is 0 Å². The maximum absolute atomic E-state index is 11.5. The lowest BCUT2D eigenvalue weighted by Gasteiger charge is -2.14. The molecule has 2 nitrogen and oxygen atoms in total. The van der Waals surface area contributed by atoms with E-state index >= 15 is 0 Å². The lowest BCUT2D eigenvalue weighted by molar-refractivity contribution is -0.112.